The molecular weight excluding hydrogens is 260 g/mol. The lowest BCUT2D eigenvalue weighted by atomic mass is 10.1. The number of aromatic nitrogens is 1. The van der Waals surface area contributed by atoms with Crippen LogP contribution in [0.25, 0.3) is 0 Å². The minimum atomic E-state index is -0.0241. The fourth-order valence-electron chi connectivity index (χ4n) is 1.79. The standard InChI is InChI=1S/C14H15ClN4/c1-19(9-10-4-2-3-7-18-10)11-5-6-12(14(16)17)13(15)8-11/h2-8H,9H2,1H3,(H3,16,17). The molecule has 0 unspecified atom stereocenters. The fraction of sp³-hybridized carbons (Fsp3) is 0.143. The maximum atomic E-state index is 7.40. The number of anilines is 1. The molecule has 0 atom stereocenters. The molecule has 3 N–H and O–H groups in total. The molecule has 5 heteroatoms. The molecule has 1 aromatic carbocycles. The van der Waals surface area contributed by atoms with Crippen LogP contribution in [0.15, 0.2) is 42.6 Å². The van der Waals surface area contributed by atoms with Gasteiger partial charge in [0, 0.05) is 24.5 Å². The molecule has 0 aliphatic heterocycles. The van der Waals surface area contributed by atoms with Crippen LogP contribution < -0.4 is 10.6 Å². The van der Waals surface area contributed by atoms with Gasteiger partial charge in [-0.05, 0) is 30.3 Å². The van der Waals surface area contributed by atoms with Gasteiger partial charge in [0.15, 0.2) is 0 Å². The SMILES string of the molecule is CN(Cc1ccccn1)c1ccc(C(=N)N)c(Cl)c1. The molecule has 1 heterocycles. The van der Waals surface area contributed by atoms with E-state index in [0.717, 1.165) is 11.4 Å². The Bertz CT molecular complexity index is 583. The second-order valence-corrected chi connectivity index (χ2v) is 4.66. The van der Waals surface area contributed by atoms with Crippen molar-refractivity contribution in [3.63, 3.8) is 0 Å². The summed E-state index contributed by atoms with van der Waals surface area (Å²) in [6.45, 7) is 0.691. The van der Waals surface area contributed by atoms with Crippen molar-refractivity contribution in [1.82, 2.24) is 4.98 Å². The van der Waals surface area contributed by atoms with Crippen LogP contribution in [0.3, 0.4) is 0 Å². The molecule has 0 bridgehead atoms. The van der Waals surface area contributed by atoms with Gasteiger partial charge in [-0.15, -0.1) is 0 Å². The highest BCUT2D eigenvalue weighted by Crippen LogP contribution is 2.23. The van der Waals surface area contributed by atoms with Crippen LogP contribution in [-0.2, 0) is 6.54 Å². The fourth-order valence-corrected chi connectivity index (χ4v) is 2.06. The quantitative estimate of drug-likeness (QED) is 0.665. The van der Waals surface area contributed by atoms with Crippen molar-refractivity contribution < 1.29 is 0 Å². The monoisotopic (exact) mass is 274 g/mol. The van der Waals surface area contributed by atoms with Gasteiger partial charge in [0.1, 0.15) is 5.84 Å². The normalized spacial score (nSPS) is 10.2. The number of nitrogen functional groups attached to an aromatic ring is 1. The van der Waals surface area contributed by atoms with Crippen molar-refractivity contribution in [2.45, 2.75) is 6.54 Å². The smallest absolute Gasteiger partial charge is 0.124 e. The summed E-state index contributed by atoms with van der Waals surface area (Å²) in [7, 11) is 1.97. The Labute approximate surface area is 117 Å². The van der Waals surface area contributed by atoms with E-state index in [-0.39, 0.29) is 5.84 Å². The Balaban J connectivity index is 2.18. The minimum absolute atomic E-state index is 0.0241. The van der Waals surface area contributed by atoms with Crippen molar-refractivity contribution >= 4 is 23.1 Å². The van der Waals surface area contributed by atoms with Gasteiger partial charge in [-0.2, -0.15) is 0 Å². The zero-order valence-electron chi connectivity index (χ0n) is 10.6. The van der Waals surface area contributed by atoms with Crippen LogP contribution in [0.1, 0.15) is 11.3 Å². The second-order valence-electron chi connectivity index (χ2n) is 4.25. The molecule has 1 aromatic heterocycles. The molecule has 0 radical (unpaired) electrons. The number of nitrogens with two attached hydrogens (primary N) is 1. The average Bonchev–Trinajstić information content (AvgIpc) is 2.39. The van der Waals surface area contributed by atoms with Crippen LogP contribution in [0.5, 0.6) is 0 Å². The van der Waals surface area contributed by atoms with Crippen molar-refractivity contribution in [3.05, 3.63) is 58.9 Å². The van der Waals surface area contributed by atoms with Crippen LogP contribution in [0.4, 0.5) is 5.69 Å². The van der Waals surface area contributed by atoms with Gasteiger partial charge in [0.2, 0.25) is 0 Å². The predicted octanol–water partition coefficient (Wildman–Crippen LogP) is 2.66. The number of rotatable bonds is 4. The van der Waals surface area contributed by atoms with Crippen molar-refractivity contribution in [3.8, 4) is 0 Å². The van der Waals surface area contributed by atoms with E-state index in [1.165, 1.54) is 0 Å². The maximum Gasteiger partial charge on any atom is 0.124 e. The number of hydrogen-bond acceptors (Lipinski definition) is 3. The summed E-state index contributed by atoms with van der Waals surface area (Å²) in [4.78, 5) is 6.32. The van der Waals surface area contributed by atoms with Crippen LogP contribution in [0.2, 0.25) is 5.02 Å². The first-order valence-corrected chi connectivity index (χ1v) is 6.20. The first kappa shape index (κ1) is 13.4. The lowest BCUT2D eigenvalue weighted by Gasteiger charge is -2.19. The first-order chi connectivity index (χ1) is 9.08. The summed E-state index contributed by atoms with van der Waals surface area (Å²) in [5, 5.41) is 7.89. The highest BCUT2D eigenvalue weighted by molar-refractivity contribution is 6.34. The van der Waals surface area contributed by atoms with Gasteiger partial charge in [-0.3, -0.25) is 10.4 Å². The molecule has 0 saturated heterocycles. The van der Waals surface area contributed by atoms with Crippen LogP contribution in [0, 0.1) is 5.41 Å². The Morgan fingerprint density at radius 2 is 2.16 bits per heavy atom. The third-order valence-corrected chi connectivity index (χ3v) is 3.12. The molecule has 0 fully saturated rings. The lowest BCUT2D eigenvalue weighted by Crippen LogP contribution is -2.18. The van der Waals surface area contributed by atoms with Crippen molar-refractivity contribution in [2.24, 2.45) is 5.73 Å². The van der Waals surface area contributed by atoms with Crippen LogP contribution in [-0.4, -0.2) is 17.9 Å². The van der Waals surface area contributed by atoms with Crippen LogP contribution >= 0.6 is 11.6 Å². The number of benzene rings is 1. The molecular formula is C14H15ClN4. The number of nitrogens with one attached hydrogen (secondary N) is 1. The van der Waals surface area contributed by atoms with E-state index in [1.54, 1.807) is 18.3 Å². The Kier molecular flexibility index (Phi) is 4.02. The second kappa shape index (κ2) is 5.71. The van der Waals surface area contributed by atoms with Gasteiger partial charge in [-0.1, -0.05) is 17.7 Å². The highest BCUT2D eigenvalue weighted by Gasteiger charge is 2.08. The van der Waals surface area contributed by atoms with Gasteiger partial charge in [0.25, 0.3) is 0 Å². The molecule has 98 valence electrons. The summed E-state index contributed by atoms with van der Waals surface area (Å²) >= 11 is 6.11. The molecule has 2 rings (SSSR count). The van der Waals surface area contributed by atoms with E-state index in [2.05, 4.69) is 4.98 Å². The van der Waals surface area contributed by atoms with E-state index < -0.39 is 0 Å². The molecule has 0 aliphatic carbocycles. The zero-order chi connectivity index (χ0) is 13.8. The molecule has 19 heavy (non-hydrogen) atoms. The average molecular weight is 275 g/mol. The molecule has 4 nitrogen and oxygen atoms in total. The first-order valence-electron chi connectivity index (χ1n) is 5.83. The highest BCUT2D eigenvalue weighted by atomic mass is 35.5. The van der Waals surface area contributed by atoms with Gasteiger partial charge in [0.05, 0.1) is 17.3 Å². The summed E-state index contributed by atoms with van der Waals surface area (Å²) in [6.07, 6.45) is 1.77. The number of amidine groups is 1. The Morgan fingerprint density at radius 1 is 1.37 bits per heavy atom. The van der Waals surface area contributed by atoms with Gasteiger partial charge >= 0.3 is 0 Å². The summed E-state index contributed by atoms with van der Waals surface area (Å²) in [6, 6.07) is 11.3. The predicted molar refractivity (Wildman–Crippen MR) is 78.8 cm³/mol. The molecule has 0 spiro atoms. The topological polar surface area (TPSA) is 66.0 Å². The summed E-state index contributed by atoms with van der Waals surface area (Å²) < 4.78 is 0. The van der Waals surface area contributed by atoms with Crippen molar-refractivity contribution in [2.75, 3.05) is 11.9 Å². The number of nitrogens with zero attached hydrogens (tertiary/aromatic N) is 2. The largest absolute Gasteiger partial charge is 0.384 e. The summed E-state index contributed by atoms with van der Waals surface area (Å²) in [5.41, 5.74) is 7.93. The summed E-state index contributed by atoms with van der Waals surface area (Å²) in [5.74, 6) is -0.0241. The van der Waals surface area contributed by atoms with E-state index in [4.69, 9.17) is 22.7 Å². The van der Waals surface area contributed by atoms with Gasteiger partial charge in [-0.25, -0.2) is 0 Å². The molecule has 0 aliphatic rings. The lowest BCUT2D eigenvalue weighted by molar-refractivity contribution is 0.885. The molecule has 0 saturated carbocycles. The van der Waals surface area contributed by atoms with Gasteiger partial charge < -0.3 is 10.6 Å². The number of pyridine rings is 1. The van der Waals surface area contributed by atoms with E-state index in [1.807, 2.05) is 36.2 Å². The number of halogens is 1. The minimum Gasteiger partial charge on any atom is -0.384 e. The zero-order valence-corrected chi connectivity index (χ0v) is 11.4. The van der Waals surface area contributed by atoms with E-state index in [0.29, 0.717) is 17.1 Å². The van der Waals surface area contributed by atoms with E-state index >= 15 is 0 Å². The Hall–Kier alpha value is -2.07. The number of hydrogen-bond donors (Lipinski definition) is 2. The molecule has 0 amide bonds. The third kappa shape index (κ3) is 3.23. The third-order valence-electron chi connectivity index (χ3n) is 2.81. The van der Waals surface area contributed by atoms with Crippen molar-refractivity contribution in [1.29, 1.82) is 5.41 Å². The van der Waals surface area contributed by atoms with E-state index in [9.17, 15) is 0 Å². The molecule has 2 aromatic rings. The Morgan fingerprint density at radius 3 is 2.74 bits per heavy atom. The maximum absolute atomic E-state index is 7.40.